The lowest BCUT2D eigenvalue weighted by atomic mass is 9.72. The molecule has 3 aromatic rings. The van der Waals surface area contributed by atoms with Crippen molar-refractivity contribution >= 4 is 27.5 Å². The molecule has 0 bridgehead atoms. The van der Waals surface area contributed by atoms with E-state index >= 15 is 0 Å². The highest BCUT2D eigenvalue weighted by Crippen LogP contribution is 2.59. The highest BCUT2D eigenvalue weighted by molar-refractivity contribution is 7.92. The van der Waals surface area contributed by atoms with E-state index < -0.39 is 27.6 Å². The third-order valence-electron chi connectivity index (χ3n) is 7.27. The van der Waals surface area contributed by atoms with Crippen LogP contribution in [0.4, 0.5) is 5.69 Å². The number of piperazine rings is 1. The SMILES string of the molecule is Cc1ccc([C@]23C[C@H]4C(=O)NCC(=O)N4[C@H]2N(S(=O)(=O)c2ccccc2)c2ccccc23)cc1. The maximum Gasteiger partial charge on any atom is 0.266 e. The molecule has 0 saturated carbocycles. The summed E-state index contributed by atoms with van der Waals surface area (Å²) in [6.45, 7) is 1.84. The van der Waals surface area contributed by atoms with Gasteiger partial charge in [-0.1, -0.05) is 66.2 Å². The number of aryl methyl sites for hydroxylation is 1. The predicted molar refractivity (Wildman–Crippen MR) is 127 cm³/mol. The van der Waals surface area contributed by atoms with Crippen molar-refractivity contribution in [1.82, 2.24) is 10.2 Å². The number of para-hydroxylation sites is 1. The van der Waals surface area contributed by atoms with E-state index in [1.165, 1.54) is 9.21 Å². The fourth-order valence-electron chi connectivity index (χ4n) is 5.80. The van der Waals surface area contributed by atoms with Gasteiger partial charge in [0.15, 0.2) is 0 Å². The fourth-order valence-corrected chi connectivity index (χ4v) is 7.49. The van der Waals surface area contributed by atoms with Gasteiger partial charge >= 0.3 is 0 Å². The summed E-state index contributed by atoms with van der Waals surface area (Å²) in [4.78, 5) is 27.8. The van der Waals surface area contributed by atoms with E-state index in [1.54, 1.807) is 42.5 Å². The number of carbonyl (C=O) groups is 2. The molecule has 1 N–H and O–H groups in total. The summed E-state index contributed by atoms with van der Waals surface area (Å²) in [5.41, 5.74) is 2.42. The maximum atomic E-state index is 14.1. The number of hydrogen-bond donors (Lipinski definition) is 1. The van der Waals surface area contributed by atoms with Gasteiger partial charge in [0.1, 0.15) is 12.2 Å². The zero-order valence-electron chi connectivity index (χ0n) is 18.5. The van der Waals surface area contributed by atoms with Crippen LogP contribution in [0.25, 0.3) is 0 Å². The first kappa shape index (κ1) is 20.9. The Bertz CT molecular complexity index is 1420. The van der Waals surface area contributed by atoms with Gasteiger partial charge in [-0.3, -0.25) is 9.59 Å². The van der Waals surface area contributed by atoms with Crippen LogP contribution in [0.5, 0.6) is 0 Å². The van der Waals surface area contributed by atoms with Gasteiger partial charge in [-0.05, 0) is 42.7 Å². The molecule has 34 heavy (non-hydrogen) atoms. The molecule has 3 aliphatic rings. The number of sulfonamides is 1. The van der Waals surface area contributed by atoms with Crippen molar-refractivity contribution in [3.05, 3.63) is 95.6 Å². The van der Waals surface area contributed by atoms with E-state index in [-0.39, 0.29) is 23.3 Å². The molecule has 0 unspecified atom stereocenters. The molecule has 2 fully saturated rings. The molecule has 0 radical (unpaired) electrons. The van der Waals surface area contributed by atoms with Crippen molar-refractivity contribution in [2.45, 2.75) is 35.9 Å². The van der Waals surface area contributed by atoms with Gasteiger partial charge in [-0.2, -0.15) is 0 Å². The number of anilines is 1. The number of benzene rings is 3. The Kier molecular flexibility index (Phi) is 4.41. The molecule has 8 heteroatoms. The van der Waals surface area contributed by atoms with Gasteiger partial charge in [-0.15, -0.1) is 0 Å². The number of carbonyl (C=O) groups excluding carboxylic acids is 2. The summed E-state index contributed by atoms with van der Waals surface area (Å²) in [6.07, 6.45) is -0.586. The van der Waals surface area contributed by atoms with Crippen LogP contribution in [0, 0.1) is 6.92 Å². The van der Waals surface area contributed by atoms with E-state index in [0.717, 1.165) is 16.7 Å². The molecule has 7 nitrogen and oxygen atoms in total. The van der Waals surface area contributed by atoms with Gasteiger partial charge in [0.2, 0.25) is 11.8 Å². The second-order valence-corrected chi connectivity index (χ2v) is 10.9. The Morgan fingerprint density at radius 1 is 0.912 bits per heavy atom. The van der Waals surface area contributed by atoms with Crippen LogP contribution in [0.3, 0.4) is 0 Å². The lowest BCUT2D eigenvalue weighted by molar-refractivity contribution is -0.145. The largest absolute Gasteiger partial charge is 0.345 e. The molecule has 0 aliphatic carbocycles. The van der Waals surface area contributed by atoms with Crippen LogP contribution in [0.2, 0.25) is 0 Å². The van der Waals surface area contributed by atoms with Crippen molar-refractivity contribution in [2.75, 3.05) is 10.8 Å². The van der Waals surface area contributed by atoms with Crippen LogP contribution in [0.1, 0.15) is 23.1 Å². The number of nitrogens with zero attached hydrogens (tertiary/aromatic N) is 2. The van der Waals surface area contributed by atoms with Crippen LogP contribution in [-0.4, -0.2) is 43.9 Å². The number of amides is 2. The van der Waals surface area contributed by atoms with Crippen LogP contribution in [0.15, 0.2) is 83.8 Å². The Hall–Kier alpha value is -3.65. The molecule has 3 heterocycles. The summed E-state index contributed by atoms with van der Waals surface area (Å²) >= 11 is 0. The van der Waals surface area contributed by atoms with Crippen molar-refractivity contribution in [2.24, 2.45) is 0 Å². The van der Waals surface area contributed by atoms with Gasteiger partial charge < -0.3 is 10.2 Å². The minimum absolute atomic E-state index is 0.141. The van der Waals surface area contributed by atoms with Gasteiger partial charge in [0, 0.05) is 0 Å². The highest BCUT2D eigenvalue weighted by Gasteiger charge is 2.67. The molecule has 172 valence electrons. The third kappa shape index (κ3) is 2.66. The summed E-state index contributed by atoms with van der Waals surface area (Å²) in [7, 11) is -4.04. The third-order valence-corrected chi connectivity index (χ3v) is 9.05. The quantitative estimate of drug-likeness (QED) is 0.634. The van der Waals surface area contributed by atoms with E-state index in [4.69, 9.17) is 0 Å². The molecule has 3 aromatic carbocycles. The molecular formula is C26H23N3O4S. The van der Waals surface area contributed by atoms with Gasteiger partial charge in [0.05, 0.1) is 22.5 Å². The Labute approximate surface area is 198 Å². The second kappa shape index (κ2) is 7.17. The highest BCUT2D eigenvalue weighted by atomic mass is 32.2. The van der Waals surface area contributed by atoms with E-state index in [9.17, 15) is 18.0 Å². The lowest BCUT2D eigenvalue weighted by Crippen LogP contribution is -2.62. The first-order chi connectivity index (χ1) is 16.4. The maximum absolute atomic E-state index is 14.1. The van der Waals surface area contributed by atoms with Crippen molar-refractivity contribution in [3.8, 4) is 0 Å². The molecule has 3 aliphatic heterocycles. The number of fused-ring (bicyclic) bond motifs is 5. The molecule has 0 aromatic heterocycles. The van der Waals surface area contributed by atoms with Gasteiger partial charge in [-0.25, -0.2) is 12.7 Å². The molecule has 2 amide bonds. The molecule has 6 rings (SSSR count). The molecule has 0 spiro atoms. The zero-order valence-corrected chi connectivity index (χ0v) is 19.3. The number of nitrogens with one attached hydrogen (secondary N) is 1. The first-order valence-corrected chi connectivity index (χ1v) is 12.6. The van der Waals surface area contributed by atoms with Crippen LogP contribution in [-0.2, 0) is 25.0 Å². The zero-order chi connectivity index (χ0) is 23.7. The van der Waals surface area contributed by atoms with Crippen molar-refractivity contribution < 1.29 is 18.0 Å². The lowest BCUT2D eigenvalue weighted by Gasteiger charge is -2.40. The summed E-state index contributed by atoms with van der Waals surface area (Å²) in [5.74, 6) is -0.542. The Morgan fingerprint density at radius 2 is 1.59 bits per heavy atom. The van der Waals surface area contributed by atoms with Crippen LogP contribution >= 0.6 is 0 Å². The van der Waals surface area contributed by atoms with Gasteiger partial charge in [0.25, 0.3) is 10.0 Å². The first-order valence-electron chi connectivity index (χ1n) is 11.2. The Morgan fingerprint density at radius 3 is 2.32 bits per heavy atom. The molecular weight excluding hydrogens is 450 g/mol. The average molecular weight is 474 g/mol. The normalized spacial score (nSPS) is 25.6. The topological polar surface area (TPSA) is 86.8 Å². The molecule has 2 saturated heterocycles. The number of hydrogen-bond acceptors (Lipinski definition) is 4. The van der Waals surface area contributed by atoms with E-state index in [1.807, 2.05) is 43.3 Å². The van der Waals surface area contributed by atoms with Crippen molar-refractivity contribution in [1.29, 1.82) is 0 Å². The molecule has 3 atom stereocenters. The monoisotopic (exact) mass is 473 g/mol. The van der Waals surface area contributed by atoms with E-state index in [0.29, 0.717) is 12.1 Å². The fraction of sp³-hybridized carbons (Fsp3) is 0.231. The second-order valence-electron chi connectivity index (χ2n) is 9.08. The van der Waals surface area contributed by atoms with Crippen molar-refractivity contribution in [3.63, 3.8) is 0 Å². The predicted octanol–water partition coefficient (Wildman–Crippen LogP) is 2.55. The summed E-state index contributed by atoms with van der Waals surface area (Å²) in [6, 6.07) is 22.8. The summed E-state index contributed by atoms with van der Waals surface area (Å²) in [5, 5.41) is 2.68. The van der Waals surface area contributed by atoms with Crippen LogP contribution < -0.4 is 9.62 Å². The number of rotatable bonds is 3. The Balaban J connectivity index is 1.67. The standard InChI is InChI=1S/C26H23N3O4S/c1-17-11-13-18(14-12-17)26-15-22-24(31)27-16-23(30)28(22)25(26)29(21-10-6-5-9-20(21)26)34(32,33)19-7-3-2-4-8-19/h2-14,22,25H,15-16H2,1H3,(H,27,31)/t22-,25-,26-/m0/s1. The smallest absolute Gasteiger partial charge is 0.266 e. The van der Waals surface area contributed by atoms with E-state index in [2.05, 4.69) is 5.32 Å². The summed E-state index contributed by atoms with van der Waals surface area (Å²) < 4.78 is 29.6. The minimum atomic E-state index is -4.04. The minimum Gasteiger partial charge on any atom is -0.345 e. The average Bonchev–Trinajstić information content (AvgIpc) is 3.34.